The standard InChI is InChI=1S/C20H19N3O2/c1-2-13-25-19-9-7-18(8-10-19)22-20(24)17-5-3-16(4-6-17)14-23-12-11-21-15-23/h2-12,15H,1,13-14H2,(H,22,24). The lowest BCUT2D eigenvalue weighted by molar-refractivity contribution is 0.102. The Bertz CT molecular complexity index is 822. The highest BCUT2D eigenvalue weighted by Crippen LogP contribution is 2.17. The van der Waals surface area contributed by atoms with Crippen molar-refractivity contribution in [3.05, 3.63) is 91.0 Å². The van der Waals surface area contributed by atoms with Crippen LogP contribution in [0.25, 0.3) is 0 Å². The zero-order valence-corrected chi connectivity index (χ0v) is 13.8. The molecule has 0 aliphatic rings. The van der Waals surface area contributed by atoms with E-state index in [2.05, 4.69) is 16.9 Å². The first-order valence-corrected chi connectivity index (χ1v) is 7.94. The van der Waals surface area contributed by atoms with Crippen molar-refractivity contribution < 1.29 is 9.53 Å². The van der Waals surface area contributed by atoms with Gasteiger partial charge in [-0.3, -0.25) is 4.79 Å². The number of nitrogens with zero attached hydrogens (tertiary/aromatic N) is 2. The minimum Gasteiger partial charge on any atom is -0.490 e. The molecule has 0 aliphatic carbocycles. The van der Waals surface area contributed by atoms with Crippen molar-refractivity contribution in [2.24, 2.45) is 0 Å². The summed E-state index contributed by atoms with van der Waals surface area (Å²) >= 11 is 0. The fourth-order valence-electron chi connectivity index (χ4n) is 2.35. The molecule has 0 radical (unpaired) electrons. The molecule has 0 spiro atoms. The van der Waals surface area contributed by atoms with Crippen LogP contribution in [0.5, 0.6) is 5.75 Å². The van der Waals surface area contributed by atoms with Gasteiger partial charge in [0.25, 0.3) is 5.91 Å². The second kappa shape index (κ2) is 7.97. The van der Waals surface area contributed by atoms with Crippen LogP contribution >= 0.6 is 0 Å². The smallest absolute Gasteiger partial charge is 0.255 e. The van der Waals surface area contributed by atoms with Crippen LogP contribution in [0.2, 0.25) is 0 Å². The van der Waals surface area contributed by atoms with Crippen molar-refractivity contribution in [3.8, 4) is 5.75 Å². The van der Waals surface area contributed by atoms with Crippen LogP contribution < -0.4 is 10.1 Å². The molecule has 0 saturated heterocycles. The summed E-state index contributed by atoms with van der Waals surface area (Å²) in [6.07, 6.45) is 7.10. The Labute approximate surface area is 146 Å². The van der Waals surface area contributed by atoms with E-state index in [0.717, 1.165) is 23.5 Å². The third kappa shape index (κ3) is 4.57. The zero-order valence-electron chi connectivity index (χ0n) is 13.8. The summed E-state index contributed by atoms with van der Waals surface area (Å²) in [6.45, 7) is 4.79. The molecule has 2 aromatic carbocycles. The quantitative estimate of drug-likeness (QED) is 0.670. The third-order valence-corrected chi connectivity index (χ3v) is 3.62. The number of hydrogen-bond acceptors (Lipinski definition) is 3. The molecule has 126 valence electrons. The highest BCUT2D eigenvalue weighted by molar-refractivity contribution is 6.04. The molecule has 0 saturated carbocycles. The lowest BCUT2D eigenvalue weighted by Gasteiger charge is -2.08. The molecule has 0 atom stereocenters. The third-order valence-electron chi connectivity index (χ3n) is 3.62. The molecule has 1 amide bonds. The fourth-order valence-corrected chi connectivity index (χ4v) is 2.35. The highest BCUT2D eigenvalue weighted by Gasteiger charge is 2.06. The Hall–Kier alpha value is -3.34. The number of amides is 1. The van der Waals surface area contributed by atoms with E-state index in [1.165, 1.54) is 0 Å². The normalized spacial score (nSPS) is 10.2. The predicted octanol–water partition coefficient (Wildman–Crippen LogP) is 3.75. The lowest BCUT2D eigenvalue weighted by atomic mass is 10.1. The van der Waals surface area contributed by atoms with Gasteiger partial charge in [-0.25, -0.2) is 4.98 Å². The summed E-state index contributed by atoms with van der Waals surface area (Å²) in [5, 5.41) is 2.88. The molecule has 3 aromatic rings. The van der Waals surface area contributed by atoms with Crippen molar-refractivity contribution in [2.45, 2.75) is 6.54 Å². The monoisotopic (exact) mass is 333 g/mol. The minimum absolute atomic E-state index is 0.144. The first-order valence-electron chi connectivity index (χ1n) is 7.94. The number of rotatable bonds is 7. The SMILES string of the molecule is C=CCOc1ccc(NC(=O)c2ccc(Cn3ccnc3)cc2)cc1. The Morgan fingerprint density at radius 3 is 2.56 bits per heavy atom. The summed E-state index contributed by atoms with van der Waals surface area (Å²) in [5.74, 6) is 0.593. The number of aromatic nitrogens is 2. The summed E-state index contributed by atoms with van der Waals surface area (Å²) in [4.78, 5) is 16.3. The van der Waals surface area contributed by atoms with E-state index in [1.54, 1.807) is 18.6 Å². The molecule has 5 heteroatoms. The van der Waals surface area contributed by atoms with E-state index in [0.29, 0.717) is 12.2 Å². The van der Waals surface area contributed by atoms with Crippen LogP contribution in [-0.2, 0) is 6.54 Å². The maximum atomic E-state index is 12.3. The van der Waals surface area contributed by atoms with Crippen LogP contribution in [0.4, 0.5) is 5.69 Å². The Morgan fingerprint density at radius 2 is 1.92 bits per heavy atom. The molecule has 1 heterocycles. The Kier molecular flexibility index (Phi) is 5.26. The summed E-state index contributed by atoms with van der Waals surface area (Å²) in [6, 6.07) is 14.8. The van der Waals surface area contributed by atoms with Crippen molar-refractivity contribution in [2.75, 3.05) is 11.9 Å². The number of benzene rings is 2. The van der Waals surface area contributed by atoms with Gasteiger partial charge in [-0.2, -0.15) is 0 Å². The van der Waals surface area contributed by atoms with Gasteiger partial charge in [0.05, 0.1) is 6.33 Å². The molecular formula is C20H19N3O2. The molecule has 0 aliphatic heterocycles. The van der Waals surface area contributed by atoms with Gasteiger partial charge < -0.3 is 14.6 Å². The Morgan fingerprint density at radius 1 is 1.16 bits per heavy atom. The van der Waals surface area contributed by atoms with Crippen molar-refractivity contribution >= 4 is 11.6 Å². The predicted molar refractivity (Wildman–Crippen MR) is 97.9 cm³/mol. The molecule has 0 fully saturated rings. The van der Waals surface area contributed by atoms with Gasteiger partial charge in [-0.05, 0) is 42.0 Å². The molecule has 1 aromatic heterocycles. The molecule has 0 unspecified atom stereocenters. The summed E-state index contributed by atoms with van der Waals surface area (Å²) in [7, 11) is 0. The van der Waals surface area contributed by atoms with Crippen LogP contribution in [0.1, 0.15) is 15.9 Å². The van der Waals surface area contributed by atoms with E-state index in [9.17, 15) is 4.79 Å². The largest absolute Gasteiger partial charge is 0.490 e. The van der Waals surface area contributed by atoms with Crippen LogP contribution in [0.3, 0.4) is 0 Å². The van der Waals surface area contributed by atoms with E-state index < -0.39 is 0 Å². The molecule has 1 N–H and O–H groups in total. The first kappa shape index (κ1) is 16.5. The average molecular weight is 333 g/mol. The maximum Gasteiger partial charge on any atom is 0.255 e. The van der Waals surface area contributed by atoms with Crippen molar-refractivity contribution in [1.29, 1.82) is 0 Å². The van der Waals surface area contributed by atoms with Gasteiger partial charge in [-0.15, -0.1) is 0 Å². The second-order valence-corrected chi connectivity index (χ2v) is 5.51. The molecule has 25 heavy (non-hydrogen) atoms. The van der Waals surface area contributed by atoms with Gasteiger partial charge in [0.1, 0.15) is 12.4 Å². The Balaban J connectivity index is 1.59. The van der Waals surface area contributed by atoms with Gasteiger partial charge >= 0.3 is 0 Å². The number of anilines is 1. The molecule has 5 nitrogen and oxygen atoms in total. The highest BCUT2D eigenvalue weighted by atomic mass is 16.5. The number of nitrogens with one attached hydrogen (secondary N) is 1. The number of hydrogen-bond donors (Lipinski definition) is 1. The minimum atomic E-state index is -0.144. The van der Waals surface area contributed by atoms with Gasteiger partial charge in [0.15, 0.2) is 0 Å². The van der Waals surface area contributed by atoms with Crippen LogP contribution in [0, 0.1) is 0 Å². The van der Waals surface area contributed by atoms with Crippen molar-refractivity contribution in [3.63, 3.8) is 0 Å². The fraction of sp³-hybridized carbons (Fsp3) is 0.100. The van der Waals surface area contributed by atoms with Crippen LogP contribution in [-0.4, -0.2) is 22.1 Å². The molecule has 0 bridgehead atoms. The maximum absolute atomic E-state index is 12.3. The molecule has 3 rings (SSSR count). The second-order valence-electron chi connectivity index (χ2n) is 5.51. The van der Waals surface area contributed by atoms with Crippen molar-refractivity contribution in [1.82, 2.24) is 9.55 Å². The number of ether oxygens (including phenoxy) is 1. The van der Waals surface area contributed by atoms with Gasteiger partial charge in [0, 0.05) is 30.2 Å². The summed E-state index contributed by atoms with van der Waals surface area (Å²) in [5.41, 5.74) is 2.44. The number of carbonyl (C=O) groups excluding carboxylic acids is 1. The average Bonchev–Trinajstić information content (AvgIpc) is 3.15. The molecular weight excluding hydrogens is 314 g/mol. The topological polar surface area (TPSA) is 56.1 Å². The summed E-state index contributed by atoms with van der Waals surface area (Å²) < 4.78 is 7.40. The van der Waals surface area contributed by atoms with E-state index in [4.69, 9.17) is 4.74 Å². The number of imidazole rings is 1. The van der Waals surface area contributed by atoms with Gasteiger partial charge in [-0.1, -0.05) is 24.8 Å². The zero-order chi connectivity index (χ0) is 17.5. The first-order chi connectivity index (χ1) is 12.2. The van der Waals surface area contributed by atoms with Crippen LogP contribution in [0.15, 0.2) is 79.9 Å². The lowest BCUT2D eigenvalue weighted by Crippen LogP contribution is -2.12. The van der Waals surface area contributed by atoms with E-state index in [-0.39, 0.29) is 5.91 Å². The van der Waals surface area contributed by atoms with E-state index in [1.807, 2.05) is 59.3 Å². The van der Waals surface area contributed by atoms with E-state index >= 15 is 0 Å². The van der Waals surface area contributed by atoms with Gasteiger partial charge in [0.2, 0.25) is 0 Å². The number of carbonyl (C=O) groups is 1.